The van der Waals surface area contributed by atoms with Gasteiger partial charge in [-0.1, -0.05) is 11.8 Å². The quantitative estimate of drug-likeness (QED) is 0.628. The Kier molecular flexibility index (Phi) is 4.63. The lowest BCUT2D eigenvalue weighted by Crippen LogP contribution is -2.21. The molecule has 0 saturated heterocycles. The van der Waals surface area contributed by atoms with Gasteiger partial charge in [0, 0.05) is 15.5 Å². The number of carbonyl (C=O) groups is 1. The monoisotopic (exact) mass is 348 g/mol. The lowest BCUT2D eigenvalue weighted by atomic mass is 10.1. The van der Waals surface area contributed by atoms with Crippen molar-refractivity contribution in [3.8, 4) is 0 Å². The Hall–Kier alpha value is -1.93. The Balaban J connectivity index is 2.02. The van der Waals surface area contributed by atoms with Crippen molar-refractivity contribution in [2.24, 2.45) is 5.10 Å². The summed E-state index contributed by atoms with van der Waals surface area (Å²) in [5.41, 5.74) is 1.16. The van der Waals surface area contributed by atoms with Crippen molar-refractivity contribution in [2.75, 3.05) is 12.4 Å². The van der Waals surface area contributed by atoms with Crippen LogP contribution in [0.5, 0.6) is 0 Å². The van der Waals surface area contributed by atoms with Gasteiger partial charge in [-0.3, -0.25) is 0 Å². The number of fused-ring (bicyclic) bond motifs is 1. The minimum Gasteiger partial charge on any atom is -0.462 e. The van der Waals surface area contributed by atoms with Crippen LogP contribution in [0.15, 0.2) is 28.0 Å². The molecule has 0 amide bonds. The van der Waals surface area contributed by atoms with Crippen LogP contribution in [0.3, 0.4) is 0 Å². The fourth-order valence-electron chi connectivity index (χ4n) is 2.10. The molecule has 0 saturated carbocycles. The average Bonchev–Trinajstić information content (AvgIpc) is 3.11. The first-order valence-electron chi connectivity index (χ1n) is 7.16. The zero-order valence-electron chi connectivity index (χ0n) is 13.1. The van der Waals surface area contributed by atoms with E-state index in [9.17, 15) is 4.79 Å². The summed E-state index contributed by atoms with van der Waals surface area (Å²) in [5.74, 6) is 0.902. The number of aryl methyl sites for hydroxylation is 2. The summed E-state index contributed by atoms with van der Waals surface area (Å²) in [6, 6.07) is 4.02. The maximum absolute atomic E-state index is 12.4. The molecule has 0 N–H and O–H groups in total. The number of thioether (sulfide) groups is 1. The topological polar surface area (TPSA) is 69.4 Å². The molecule has 1 aliphatic rings. The third kappa shape index (κ3) is 3.37. The molecule has 6 nitrogen and oxygen atoms in total. The number of nitrogens with zero attached hydrogens (tertiary/aromatic N) is 4. The summed E-state index contributed by atoms with van der Waals surface area (Å²) in [5, 5.41) is 13.3. The smallest absolute Gasteiger partial charge is 0.340 e. The lowest BCUT2D eigenvalue weighted by Gasteiger charge is -2.14. The van der Waals surface area contributed by atoms with E-state index in [0.717, 1.165) is 10.0 Å². The second kappa shape index (κ2) is 6.67. The van der Waals surface area contributed by atoms with Gasteiger partial charge in [0.2, 0.25) is 5.16 Å². The van der Waals surface area contributed by atoms with Crippen LogP contribution in [-0.4, -0.2) is 38.9 Å². The normalized spacial score (nSPS) is 14.4. The summed E-state index contributed by atoms with van der Waals surface area (Å²) >= 11 is 3.14. The van der Waals surface area contributed by atoms with Crippen molar-refractivity contribution in [3.63, 3.8) is 0 Å². The zero-order valence-corrected chi connectivity index (χ0v) is 14.7. The first-order valence-corrected chi connectivity index (χ1v) is 8.97. The van der Waals surface area contributed by atoms with Gasteiger partial charge in [-0.25, -0.2) is 4.79 Å². The van der Waals surface area contributed by atoms with Crippen LogP contribution < -0.4 is 0 Å². The van der Waals surface area contributed by atoms with E-state index < -0.39 is 0 Å². The van der Waals surface area contributed by atoms with E-state index in [4.69, 9.17) is 4.74 Å². The molecule has 0 spiro atoms. The molecule has 1 aliphatic heterocycles. The molecular formula is C15H16N4O2S2. The van der Waals surface area contributed by atoms with Gasteiger partial charge >= 0.3 is 5.97 Å². The molecule has 0 aliphatic carbocycles. The van der Waals surface area contributed by atoms with Crippen LogP contribution in [0.2, 0.25) is 0 Å². The minimum absolute atomic E-state index is 0.330. The Morgan fingerprint density at radius 1 is 1.39 bits per heavy atom. The fraction of sp³-hybridized carbons (Fsp3) is 0.333. The van der Waals surface area contributed by atoms with E-state index in [-0.39, 0.29) is 5.97 Å². The highest BCUT2D eigenvalue weighted by atomic mass is 32.2. The molecule has 0 aromatic carbocycles. The predicted octanol–water partition coefficient (Wildman–Crippen LogP) is 2.91. The Labute approximate surface area is 142 Å². The van der Waals surface area contributed by atoms with Gasteiger partial charge in [0.25, 0.3) is 0 Å². The van der Waals surface area contributed by atoms with E-state index >= 15 is 0 Å². The third-order valence-electron chi connectivity index (χ3n) is 3.18. The van der Waals surface area contributed by atoms with Crippen molar-refractivity contribution >= 4 is 40.9 Å². The van der Waals surface area contributed by atoms with E-state index in [1.165, 1.54) is 16.6 Å². The number of carbonyl (C=O) groups excluding carboxylic acids is 1. The summed E-state index contributed by atoms with van der Waals surface area (Å²) in [6.45, 7) is 5.99. The molecule has 120 valence electrons. The molecule has 23 heavy (non-hydrogen) atoms. The Morgan fingerprint density at radius 2 is 2.22 bits per heavy atom. The van der Waals surface area contributed by atoms with Gasteiger partial charge < -0.3 is 4.74 Å². The van der Waals surface area contributed by atoms with Gasteiger partial charge in [0.15, 0.2) is 5.82 Å². The van der Waals surface area contributed by atoms with E-state index in [2.05, 4.69) is 15.3 Å². The molecule has 0 radical (unpaired) electrons. The molecule has 0 bridgehead atoms. The first kappa shape index (κ1) is 15.9. The second-order valence-corrected chi connectivity index (χ2v) is 7.17. The largest absolute Gasteiger partial charge is 0.462 e. The minimum atomic E-state index is -0.355. The van der Waals surface area contributed by atoms with Gasteiger partial charge in [0.1, 0.15) is 0 Å². The van der Waals surface area contributed by atoms with Crippen LogP contribution in [0, 0.1) is 13.8 Å². The molecule has 0 fully saturated rings. The standard InChI is InChI=1S/C15H16N4O2S2/c1-4-21-14(20)12(7-11-6-5-9(2)23-11)13-8-22-15-17-16-10(3)19(15)18-13/h5-7H,4,8H2,1-3H3/b12-7+. The maximum atomic E-state index is 12.4. The highest BCUT2D eigenvalue weighted by Crippen LogP contribution is 2.26. The van der Waals surface area contributed by atoms with Crippen LogP contribution in [-0.2, 0) is 9.53 Å². The molecule has 2 aromatic heterocycles. The number of hydrogen-bond acceptors (Lipinski definition) is 7. The average molecular weight is 348 g/mol. The van der Waals surface area contributed by atoms with Crippen molar-refractivity contribution < 1.29 is 9.53 Å². The highest BCUT2D eigenvalue weighted by Gasteiger charge is 2.24. The van der Waals surface area contributed by atoms with Gasteiger partial charge in [0.05, 0.1) is 17.9 Å². The fourth-order valence-corrected chi connectivity index (χ4v) is 3.79. The van der Waals surface area contributed by atoms with Gasteiger partial charge in [-0.15, -0.1) is 21.5 Å². The second-order valence-electron chi connectivity index (χ2n) is 4.90. The molecule has 2 aromatic rings. The summed E-state index contributed by atoms with van der Waals surface area (Å²) in [4.78, 5) is 14.6. The van der Waals surface area contributed by atoms with Crippen LogP contribution in [0.25, 0.3) is 6.08 Å². The molecule has 8 heteroatoms. The van der Waals surface area contributed by atoms with Crippen LogP contribution >= 0.6 is 23.1 Å². The molecule has 0 unspecified atom stereocenters. The SMILES string of the molecule is CCOC(=O)/C(=C/c1ccc(C)s1)C1=Nn2c(C)nnc2SC1. The number of hydrogen-bond donors (Lipinski definition) is 0. The summed E-state index contributed by atoms with van der Waals surface area (Å²) < 4.78 is 6.87. The summed E-state index contributed by atoms with van der Waals surface area (Å²) in [7, 11) is 0. The highest BCUT2D eigenvalue weighted by molar-refractivity contribution is 7.99. The van der Waals surface area contributed by atoms with Crippen LogP contribution in [0.1, 0.15) is 22.5 Å². The van der Waals surface area contributed by atoms with Gasteiger partial charge in [-0.05, 0) is 39.0 Å². The lowest BCUT2D eigenvalue weighted by molar-refractivity contribution is -0.137. The number of ether oxygens (including phenoxy) is 1. The molecule has 0 atom stereocenters. The summed E-state index contributed by atoms with van der Waals surface area (Å²) in [6.07, 6.45) is 1.85. The Morgan fingerprint density at radius 3 is 2.91 bits per heavy atom. The van der Waals surface area contributed by atoms with Gasteiger partial charge in [-0.2, -0.15) is 9.78 Å². The van der Waals surface area contributed by atoms with Crippen molar-refractivity contribution in [2.45, 2.75) is 25.9 Å². The third-order valence-corrected chi connectivity index (χ3v) is 5.06. The number of thiophene rings is 1. The van der Waals surface area contributed by atoms with Crippen molar-refractivity contribution in [3.05, 3.63) is 33.3 Å². The predicted molar refractivity (Wildman–Crippen MR) is 92.0 cm³/mol. The number of esters is 1. The number of aromatic nitrogens is 3. The van der Waals surface area contributed by atoms with E-state index in [1.54, 1.807) is 22.9 Å². The zero-order chi connectivity index (χ0) is 16.4. The van der Waals surface area contributed by atoms with Crippen molar-refractivity contribution in [1.29, 1.82) is 0 Å². The molecule has 3 heterocycles. The first-order chi connectivity index (χ1) is 11.1. The molecule has 3 rings (SSSR count). The van der Waals surface area contributed by atoms with E-state index in [1.807, 2.05) is 32.1 Å². The molecular weight excluding hydrogens is 332 g/mol. The van der Waals surface area contributed by atoms with Crippen molar-refractivity contribution in [1.82, 2.24) is 14.9 Å². The van der Waals surface area contributed by atoms with E-state index in [0.29, 0.717) is 29.5 Å². The maximum Gasteiger partial charge on any atom is 0.340 e. The Bertz CT molecular complexity index is 804. The number of rotatable bonds is 4. The van der Waals surface area contributed by atoms with Crippen LogP contribution in [0.4, 0.5) is 0 Å².